The molecule has 0 atom stereocenters. The Kier molecular flexibility index (Phi) is 6.65. The Morgan fingerprint density at radius 1 is 1.04 bits per heavy atom. The van der Waals surface area contributed by atoms with Crippen LogP contribution in [0.5, 0.6) is 11.5 Å². The van der Waals surface area contributed by atoms with Crippen molar-refractivity contribution in [2.75, 3.05) is 46.4 Å². The summed E-state index contributed by atoms with van der Waals surface area (Å²) in [5, 5.41) is 0. The number of benzene rings is 2. The summed E-state index contributed by atoms with van der Waals surface area (Å²) in [7, 11) is 1.64. The van der Waals surface area contributed by atoms with E-state index >= 15 is 0 Å². The molecule has 144 valence electrons. The van der Waals surface area contributed by atoms with Crippen LogP contribution < -0.4 is 9.47 Å². The van der Waals surface area contributed by atoms with E-state index < -0.39 is 0 Å². The van der Waals surface area contributed by atoms with Gasteiger partial charge in [-0.2, -0.15) is 0 Å². The first-order valence-electron chi connectivity index (χ1n) is 9.15. The number of hydrogen-bond acceptors (Lipinski definition) is 4. The summed E-state index contributed by atoms with van der Waals surface area (Å²) >= 11 is 0. The Morgan fingerprint density at radius 2 is 1.74 bits per heavy atom. The SMILES string of the molecule is COc1ccc(OCCN2CCN(C(=O)Cc3cccc(F)c3)CC2)cc1. The van der Waals surface area contributed by atoms with Crippen molar-refractivity contribution in [2.45, 2.75) is 6.42 Å². The van der Waals surface area contributed by atoms with Gasteiger partial charge in [-0.1, -0.05) is 12.1 Å². The summed E-state index contributed by atoms with van der Waals surface area (Å²) in [4.78, 5) is 16.5. The molecule has 1 heterocycles. The Hall–Kier alpha value is -2.60. The number of nitrogens with zero attached hydrogens (tertiary/aromatic N) is 2. The number of piperazine rings is 1. The van der Waals surface area contributed by atoms with Gasteiger partial charge in [0.05, 0.1) is 13.5 Å². The van der Waals surface area contributed by atoms with Crippen LogP contribution in [-0.4, -0.2) is 62.1 Å². The minimum absolute atomic E-state index is 0.0507. The molecule has 3 rings (SSSR count). The Labute approximate surface area is 159 Å². The first-order chi connectivity index (χ1) is 13.1. The van der Waals surface area contributed by atoms with Crippen LogP contribution in [0.3, 0.4) is 0 Å². The molecule has 0 bridgehead atoms. The van der Waals surface area contributed by atoms with Gasteiger partial charge in [0.25, 0.3) is 0 Å². The summed E-state index contributed by atoms with van der Waals surface area (Å²) < 4.78 is 24.1. The highest BCUT2D eigenvalue weighted by molar-refractivity contribution is 5.78. The molecule has 0 saturated carbocycles. The molecule has 2 aromatic carbocycles. The summed E-state index contributed by atoms with van der Waals surface area (Å²) in [5.74, 6) is 1.37. The second kappa shape index (κ2) is 9.37. The molecule has 1 aliphatic rings. The van der Waals surface area contributed by atoms with E-state index in [0.717, 1.165) is 36.7 Å². The van der Waals surface area contributed by atoms with E-state index in [1.807, 2.05) is 29.2 Å². The average molecular weight is 372 g/mol. The van der Waals surface area contributed by atoms with Crippen LogP contribution in [-0.2, 0) is 11.2 Å². The summed E-state index contributed by atoms with van der Waals surface area (Å²) in [5.41, 5.74) is 0.718. The van der Waals surface area contributed by atoms with E-state index in [2.05, 4.69) is 4.90 Å². The Morgan fingerprint density at radius 3 is 2.41 bits per heavy atom. The minimum Gasteiger partial charge on any atom is -0.497 e. The Bertz CT molecular complexity index is 743. The second-order valence-corrected chi connectivity index (χ2v) is 6.55. The van der Waals surface area contributed by atoms with Crippen molar-refractivity contribution in [1.82, 2.24) is 9.80 Å². The van der Waals surface area contributed by atoms with Crippen LogP contribution in [0.2, 0.25) is 0 Å². The highest BCUT2D eigenvalue weighted by Gasteiger charge is 2.21. The highest BCUT2D eigenvalue weighted by Crippen LogP contribution is 2.17. The van der Waals surface area contributed by atoms with Gasteiger partial charge in [0.15, 0.2) is 0 Å². The number of methoxy groups -OCH3 is 1. The van der Waals surface area contributed by atoms with Crippen LogP contribution in [0.25, 0.3) is 0 Å². The molecule has 1 fully saturated rings. The number of ether oxygens (including phenoxy) is 2. The average Bonchev–Trinajstić information content (AvgIpc) is 2.69. The maximum absolute atomic E-state index is 13.2. The number of hydrogen-bond donors (Lipinski definition) is 0. The first kappa shape index (κ1) is 19.2. The summed E-state index contributed by atoms with van der Waals surface area (Å²) in [6, 6.07) is 13.8. The molecule has 1 aliphatic heterocycles. The van der Waals surface area contributed by atoms with Crippen molar-refractivity contribution >= 4 is 5.91 Å². The zero-order valence-electron chi connectivity index (χ0n) is 15.6. The molecule has 1 amide bonds. The molecule has 0 radical (unpaired) electrons. The van der Waals surface area contributed by atoms with E-state index in [4.69, 9.17) is 9.47 Å². The van der Waals surface area contributed by atoms with Crippen molar-refractivity contribution in [3.8, 4) is 11.5 Å². The Balaban J connectivity index is 1.37. The third-order valence-corrected chi connectivity index (χ3v) is 4.71. The number of rotatable bonds is 7. The van der Waals surface area contributed by atoms with Crippen molar-refractivity contribution in [2.24, 2.45) is 0 Å². The van der Waals surface area contributed by atoms with Gasteiger partial charge in [-0.25, -0.2) is 4.39 Å². The van der Waals surface area contributed by atoms with E-state index in [-0.39, 0.29) is 18.1 Å². The van der Waals surface area contributed by atoms with Gasteiger partial charge in [0.1, 0.15) is 23.9 Å². The van der Waals surface area contributed by atoms with E-state index in [1.165, 1.54) is 12.1 Å². The van der Waals surface area contributed by atoms with E-state index in [9.17, 15) is 9.18 Å². The zero-order valence-corrected chi connectivity index (χ0v) is 15.6. The number of amides is 1. The number of carbonyl (C=O) groups is 1. The standard InChI is InChI=1S/C21H25FN2O3/c1-26-19-5-7-20(8-6-19)27-14-13-23-9-11-24(12-10-23)21(25)16-17-3-2-4-18(22)15-17/h2-8,15H,9-14,16H2,1H3. The maximum atomic E-state index is 13.2. The van der Waals surface area contributed by atoms with Crippen LogP contribution in [0.15, 0.2) is 48.5 Å². The summed E-state index contributed by atoms with van der Waals surface area (Å²) in [6.45, 7) is 4.44. The molecule has 27 heavy (non-hydrogen) atoms. The molecule has 0 N–H and O–H groups in total. The van der Waals surface area contributed by atoms with Crippen molar-refractivity contribution in [1.29, 1.82) is 0 Å². The molecule has 1 saturated heterocycles. The van der Waals surface area contributed by atoms with Crippen LogP contribution >= 0.6 is 0 Å². The molecule has 6 heteroatoms. The molecule has 5 nitrogen and oxygen atoms in total. The van der Waals surface area contributed by atoms with Crippen LogP contribution in [0.1, 0.15) is 5.56 Å². The fourth-order valence-electron chi connectivity index (χ4n) is 3.12. The lowest BCUT2D eigenvalue weighted by Crippen LogP contribution is -2.49. The zero-order chi connectivity index (χ0) is 19.1. The summed E-state index contributed by atoms with van der Waals surface area (Å²) in [6.07, 6.45) is 0.248. The van der Waals surface area contributed by atoms with Crippen LogP contribution in [0, 0.1) is 5.82 Å². The lowest BCUT2D eigenvalue weighted by atomic mass is 10.1. The second-order valence-electron chi connectivity index (χ2n) is 6.55. The van der Waals surface area contributed by atoms with Gasteiger partial charge in [-0.05, 0) is 42.0 Å². The largest absolute Gasteiger partial charge is 0.497 e. The van der Waals surface area contributed by atoms with Gasteiger partial charge in [-0.15, -0.1) is 0 Å². The van der Waals surface area contributed by atoms with Gasteiger partial charge < -0.3 is 14.4 Å². The number of carbonyl (C=O) groups excluding carboxylic acids is 1. The van der Waals surface area contributed by atoms with Crippen LogP contribution in [0.4, 0.5) is 4.39 Å². The maximum Gasteiger partial charge on any atom is 0.227 e. The molecule has 0 aromatic heterocycles. The fraction of sp³-hybridized carbons (Fsp3) is 0.381. The predicted octanol–water partition coefficient (Wildman–Crippen LogP) is 2.60. The highest BCUT2D eigenvalue weighted by atomic mass is 19.1. The number of halogens is 1. The van der Waals surface area contributed by atoms with Gasteiger partial charge >= 0.3 is 0 Å². The van der Waals surface area contributed by atoms with Crippen molar-refractivity contribution in [3.05, 3.63) is 59.9 Å². The minimum atomic E-state index is -0.304. The molecule has 0 aliphatic carbocycles. The lowest BCUT2D eigenvalue weighted by Gasteiger charge is -2.34. The predicted molar refractivity (Wildman–Crippen MR) is 102 cm³/mol. The molecular weight excluding hydrogens is 347 g/mol. The van der Waals surface area contributed by atoms with Gasteiger partial charge in [0.2, 0.25) is 5.91 Å². The third-order valence-electron chi connectivity index (χ3n) is 4.71. The normalized spacial score (nSPS) is 14.8. The monoisotopic (exact) mass is 372 g/mol. The third kappa shape index (κ3) is 5.69. The topological polar surface area (TPSA) is 42.0 Å². The lowest BCUT2D eigenvalue weighted by molar-refractivity contribution is -0.132. The van der Waals surface area contributed by atoms with E-state index in [1.54, 1.807) is 19.2 Å². The fourth-order valence-corrected chi connectivity index (χ4v) is 3.12. The molecule has 0 unspecified atom stereocenters. The van der Waals surface area contributed by atoms with E-state index in [0.29, 0.717) is 19.7 Å². The van der Waals surface area contributed by atoms with Crippen molar-refractivity contribution in [3.63, 3.8) is 0 Å². The quantitative estimate of drug-likeness (QED) is 0.749. The first-order valence-corrected chi connectivity index (χ1v) is 9.15. The molecule has 0 spiro atoms. The smallest absolute Gasteiger partial charge is 0.227 e. The molecule has 2 aromatic rings. The molecular formula is C21H25FN2O3. The van der Waals surface area contributed by atoms with Gasteiger partial charge in [0, 0.05) is 32.7 Å². The van der Waals surface area contributed by atoms with Crippen molar-refractivity contribution < 1.29 is 18.7 Å². The van der Waals surface area contributed by atoms with Gasteiger partial charge in [-0.3, -0.25) is 9.69 Å².